The van der Waals surface area contributed by atoms with Crippen LogP contribution in [0.25, 0.3) is 55.0 Å². The van der Waals surface area contributed by atoms with E-state index in [1.165, 1.54) is 0 Å². The molecule has 1 aliphatic heterocycles. The van der Waals surface area contributed by atoms with Crippen molar-refractivity contribution < 1.29 is 18.1 Å². The van der Waals surface area contributed by atoms with Gasteiger partial charge in [-0.1, -0.05) is 42.5 Å². The van der Waals surface area contributed by atoms with Crippen LogP contribution in [-0.2, 0) is 9.31 Å². The molecule has 0 aliphatic carbocycles. The van der Waals surface area contributed by atoms with Crippen LogP contribution >= 0.6 is 0 Å². The molecule has 0 saturated carbocycles. The molecule has 4 aromatic carbocycles. The smallest absolute Gasteiger partial charge is 0.456 e. The van der Waals surface area contributed by atoms with E-state index in [4.69, 9.17) is 18.1 Å². The number of hydrogen-bond acceptors (Lipinski definition) is 4. The molecule has 0 atom stereocenters. The average Bonchev–Trinajstić information content (AvgIpc) is 3.46. The molecule has 1 aliphatic rings. The molecule has 4 nitrogen and oxygen atoms in total. The fourth-order valence-corrected chi connectivity index (χ4v) is 5.00. The summed E-state index contributed by atoms with van der Waals surface area (Å²) in [5.41, 5.74) is 6.01. The third-order valence-corrected chi connectivity index (χ3v) is 7.73. The lowest BCUT2D eigenvalue weighted by Gasteiger charge is -2.32. The zero-order valence-corrected chi connectivity index (χ0v) is 20.2. The number of rotatable bonds is 2. The number of fused-ring (bicyclic) bond motifs is 6. The second-order valence-corrected chi connectivity index (χ2v) is 10.5. The number of hydrogen-bond donors (Lipinski definition) is 0. The average molecular weight is 460 g/mol. The van der Waals surface area contributed by atoms with Crippen molar-refractivity contribution >= 4 is 56.5 Å². The Kier molecular flexibility index (Phi) is 4.16. The fourth-order valence-electron chi connectivity index (χ4n) is 5.00. The quantitative estimate of drug-likeness (QED) is 0.252. The van der Waals surface area contributed by atoms with E-state index < -0.39 is 7.12 Å². The third kappa shape index (κ3) is 3.08. The van der Waals surface area contributed by atoms with Crippen molar-refractivity contribution in [3.8, 4) is 11.1 Å². The molecular formula is C30H25BO4. The molecule has 0 N–H and O–H groups in total. The van der Waals surface area contributed by atoms with Gasteiger partial charge in [0.15, 0.2) is 0 Å². The second-order valence-electron chi connectivity index (χ2n) is 10.5. The van der Waals surface area contributed by atoms with Crippen LogP contribution in [0.4, 0.5) is 0 Å². The highest BCUT2D eigenvalue weighted by Gasteiger charge is 2.51. The van der Waals surface area contributed by atoms with Gasteiger partial charge in [0.05, 0.1) is 11.2 Å². The van der Waals surface area contributed by atoms with Gasteiger partial charge in [-0.15, -0.1) is 0 Å². The van der Waals surface area contributed by atoms with E-state index in [1.807, 2.05) is 24.3 Å². The van der Waals surface area contributed by atoms with Gasteiger partial charge < -0.3 is 18.1 Å². The predicted molar refractivity (Wildman–Crippen MR) is 142 cm³/mol. The summed E-state index contributed by atoms with van der Waals surface area (Å²) in [6.45, 7) is 8.27. The Hall–Kier alpha value is -3.54. The highest BCUT2D eigenvalue weighted by Crippen LogP contribution is 2.38. The number of benzene rings is 4. The summed E-state index contributed by atoms with van der Waals surface area (Å²) < 4.78 is 24.7. The standard InChI is InChI=1S/C30H25BO4/c1-29(2)30(3,4)35-31(34-29)20-11-12-22-24-16-19(10-14-27(24)33-28(22)17-20)18-9-13-26-23(15-18)21-7-5-6-8-25(21)32-26/h5-17H,1-4H3. The predicted octanol–water partition coefficient (Wildman–Crippen LogP) is 7.45. The van der Waals surface area contributed by atoms with Crippen LogP contribution in [0.2, 0.25) is 0 Å². The molecule has 0 unspecified atom stereocenters. The van der Waals surface area contributed by atoms with Gasteiger partial charge in [0.25, 0.3) is 0 Å². The minimum absolute atomic E-state index is 0.378. The Morgan fingerprint density at radius 3 is 1.71 bits per heavy atom. The second kappa shape index (κ2) is 7.00. The molecule has 6 aromatic rings. The number of para-hydroxylation sites is 1. The zero-order valence-electron chi connectivity index (χ0n) is 20.2. The van der Waals surface area contributed by atoms with Crippen LogP contribution in [0.3, 0.4) is 0 Å². The normalized spacial score (nSPS) is 17.3. The fraction of sp³-hybridized carbons (Fsp3) is 0.200. The van der Waals surface area contributed by atoms with Crippen molar-refractivity contribution in [2.75, 3.05) is 0 Å². The first kappa shape index (κ1) is 20.8. The van der Waals surface area contributed by atoms with Crippen LogP contribution in [0, 0.1) is 0 Å². The Balaban J connectivity index is 1.31. The summed E-state index contributed by atoms with van der Waals surface area (Å²) in [7, 11) is -0.412. The topological polar surface area (TPSA) is 44.7 Å². The molecule has 3 heterocycles. The van der Waals surface area contributed by atoms with Crippen molar-refractivity contribution in [2.24, 2.45) is 0 Å². The van der Waals surface area contributed by atoms with Gasteiger partial charge in [-0.25, -0.2) is 0 Å². The van der Waals surface area contributed by atoms with Gasteiger partial charge in [0.1, 0.15) is 22.3 Å². The SMILES string of the molecule is CC1(C)OB(c2ccc3c(c2)oc2ccc(-c4ccc5oc6ccccc6c5c4)cc23)OC1(C)C. The molecule has 1 fully saturated rings. The van der Waals surface area contributed by atoms with Crippen LogP contribution in [0.1, 0.15) is 27.7 Å². The Morgan fingerprint density at radius 2 is 1.06 bits per heavy atom. The maximum atomic E-state index is 6.24. The highest BCUT2D eigenvalue weighted by molar-refractivity contribution is 6.62. The van der Waals surface area contributed by atoms with Gasteiger partial charge in [-0.2, -0.15) is 0 Å². The van der Waals surface area contributed by atoms with Crippen LogP contribution in [0.5, 0.6) is 0 Å². The Bertz CT molecular complexity index is 1760. The van der Waals surface area contributed by atoms with E-state index in [0.29, 0.717) is 0 Å². The zero-order chi connectivity index (χ0) is 23.9. The van der Waals surface area contributed by atoms with Crippen molar-refractivity contribution in [2.45, 2.75) is 38.9 Å². The lowest BCUT2D eigenvalue weighted by molar-refractivity contribution is 0.00578. The minimum Gasteiger partial charge on any atom is -0.456 e. The van der Waals surface area contributed by atoms with E-state index >= 15 is 0 Å². The van der Waals surface area contributed by atoms with Crippen molar-refractivity contribution in [1.29, 1.82) is 0 Å². The Labute approximate surface area is 203 Å². The van der Waals surface area contributed by atoms with Gasteiger partial charge in [0.2, 0.25) is 0 Å². The molecule has 7 rings (SSSR count). The van der Waals surface area contributed by atoms with E-state index in [-0.39, 0.29) is 11.2 Å². The third-order valence-electron chi connectivity index (χ3n) is 7.73. The van der Waals surface area contributed by atoms with E-state index in [0.717, 1.165) is 60.5 Å². The maximum Gasteiger partial charge on any atom is 0.494 e. The maximum absolute atomic E-state index is 6.24. The monoisotopic (exact) mass is 460 g/mol. The van der Waals surface area contributed by atoms with Crippen molar-refractivity contribution in [3.63, 3.8) is 0 Å². The first-order chi connectivity index (χ1) is 16.8. The van der Waals surface area contributed by atoms with E-state index in [1.54, 1.807) is 0 Å². The van der Waals surface area contributed by atoms with Gasteiger partial charge in [0, 0.05) is 21.5 Å². The molecule has 172 valence electrons. The minimum atomic E-state index is -0.412. The van der Waals surface area contributed by atoms with Gasteiger partial charge in [-0.3, -0.25) is 0 Å². The molecule has 35 heavy (non-hydrogen) atoms. The summed E-state index contributed by atoms with van der Waals surface area (Å²) in [6, 6.07) is 27.2. The highest BCUT2D eigenvalue weighted by atomic mass is 16.7. The molecule has 0 bridgehead atoms. The lowest BCUT2D eigenvalue weighted by Crippen LogP contribution is -2.41. The largest absolute Gasteiger partial charge is 0.494 e. The molecule has 0 radical (unpaired) electrons. The molecule has 5 heteroatoms. The summed E-state index contributed by atoms with van der Waals surface area (Å²) >= 11 is 0. The molecule has 1 saturated heterocycles. The molecule has 2 aromatic heterocycles. The van der Waals surface area contributed by atoms with Crippen LogP contribution in [0.15, 0.2) is 87.7 Å². The summed E-state index contributed by atoms with van der Waals surface area (Å²) in [5, 5.41) is 4.43. The number of furan rings is 2. The molecule has 0 amide bonds. The summed E-state index contributed by atoms with van der Waals surface area (Å²) in [4.78, 5) is 0. The van der Waals surface area contributed by atoms with Crippen molar-refractivity contribution in [1.82, 2.24) is 0 Å². The van der Waals surface area contributed by atoms with Crippen LogP contribution in [-0.4, -0.2) is 18.3 Å². The Morgan fingerprint density at radius 1 is 0.514 bits per heavy atom. The van der Waals surface area contributed by atoms with Gasteiger partial charge in [-0.05, 0) is 80.7 Å². The van der Waals surface area contributed by atoms with Crippen molar-refractivity contribution in [3.05, 3.63) is 78.9 Å². The molecule has 0 spiro atoms. The first-order valence-electron chi connectivity index (χ1n) is 12.0. The molecular weight excluding hydrogens is 435 g/mol. The van der Waals surface area contributed by atoms with Gasteiger partial charge >= 0.3 is 7.12 Å². The summed E-state index contributed by atoms with van der Waals surface area (Å²) in [6.07, 6.45) is 0. The van der Waals surface area contributed by atoms with Crippen LogP contribution < -0.4 is 5.46 Å². The summed E-state index contributed by atoms with van der Waals surface area (Å²) in [5.74, 6) is 0. The van der Waals surface area contributed by atoms with E-state index in [9.17, 15) is 0 Å². The lowest BCUT2D eigenvalue weighted by atomic mass is 9.79. The van der Waals surface area contributed by atoms with E-state index in [2.05, 4.69) is 82.3 Å². The first-order valence-corrected chi connectivity index (χ1v) is 12.0.